The standard InChI is InChI=1S/C15H24BrNO3S2/c1-15(2,22(17)18)10-11(14-12(16)6-9-21-14)4-5-13-19-7-3-8-20-13/h6,9,11,13H,3-5,7-8,10,17H2,1-2H3/t11-,22?/m0/s1. The van der Waals surface area contributed by atoms with Crippen LogP contribution in [0.5, 0.6) is 0 Å². The highest BCUT2D eigenvalue weighted by Gasteiger charge is 2.30. The van der Waals surface area contributed by atoms with Crippen LogP contribution in [0.2, 0.25) is 0 Å². The van der Waals surface area contributed by atoms with Gasteiger partial charge in [0, 0.05) is 9.35 Å². The molecule has 4 nitrogen and oxygen atoms in total. The summed E-state index contributed by atoms with van der Waals surface area (Å²) in [5.74, 6) is 0.297. The van der Waals surface area contributed by atoms with Crippen LogP contribution in [0.15, 0.2) is 15.9 Å². The molecule has 0 aromatic carbocycles. The van der Waals surface area contributed by atoms with Crippen molar-refractivity contribution < 1.29 is 13.7 Å². The fraction of sp³-hybridized carbons (Fsp3) is 0.733. The molecule has 22 heavy (non-hydrogen) atoms. The minimum atomic E-state index is -1.35. The first-order valence-electron chi connectivity index (χ1n) is 7.52. The van der Waals surface area contributed by atoms with E-state index < -0.39 is 15.7 Å². The van der Waals surface area contributed by atoms with E-state index in [0.717, 1.165) is 43.4 Å². The number of rotatable bonds is 7. The van der Waals surface area contributed by atoms with Crippen molar-refractivity contribution in [3.05, 3.63) is 20.8 Å². The lowest BCUT2D eigenvalue weighted by Gasteiger charge is -2.29. The van der Waals surface area contributed by atoms with Gasteiger partial charge >= 0.3 is 0 Å². The lowest BCUT2D eigenvalue weighted by Crippen LogP contribution is -2.34. The van der Waals surface area contributed by atoms with Gasteiger partial charge in [0.25, 0.3) is 0 Å². The van der Waals surface area contributed by atoms with Gasteiger partial charge in [-0.2, -0.15) is 0 Å². The molecule has 0 aliphatic carbocycles. The average molecular weight is 410 g/mol. The fourth-order valence-corrected chi connectivity index (χ4v) is 4.84. The summed E-state index contributed by atoms with van der Waals surface area (Å²) in [6.07, 6.45) is 3.42. The Morgan fingerprint density at radius 1 is 1.50 bits per heavy atom. The Morgan fingerprint density at radius 2 is 2.18 bits per heavy atom. The number of hydrogen-bond donors (Lipinski definition) is 1. The summed E-state index contributed by atoms with van der Waals surface area (Å²) in [4.78, 5) is 1.29. The van der Waals surface area contributed by atoms with Crippen LogP contribution in [-0.2, 0) is 20.5 Å². The molecule has 2 heterocycles. The van der Waals surface area contributed by atoms with Crippen molar-refractivity contribution in [1.82, 2.24) is 0 Å². The van der Waals surface area contributed by atoms with Crippen LogP contribution in [0.25, 0.3) is 0 Å². The van der Waals surface area contributed by atoms with E-state index in [9.17, 15) is 4.21 Å². The number of halogens is 1. The molecule has 1 fully saturated rings. The van der Waals surface area contributed by atoms with Crippen LogP contribution in [-0.4, -0.2) is 28.5 Å². The van der Waals surface area contributed by atoms with Crippen LogP contribution < -0.4 is 5.14 Å². The highest BCUT2D eigenvalue weighted by atomic mass is 79.9. The Labute approximate surface area is 147 Å². The molecule has 1 aliphatic rings. The van der Waals surface area contributed by atoms with Gasteiger partial charge in [-0.15, -0.1) is 11.3 Å². The van der Waals surface area contributed by atoms with Crippen LogP contribution in [0.1, 0.15) is 50.3 Å². The molecule has 2 rings (SSSR count). The predicted octanol–water partition coefficient (Wildman–Crippen LogP) is 3.93. The molecule has 0 saturated carbocycles. The first kappa shape index (κ1) is 18.5. The van der Waals surface area contributed by atoms with E-state index >= 15 is 0 Å². The second kappa shape index (κ2) is 8.35. The quantitative estimate of drug-likeness (QED) is 0.741. The molecule has 7 heteroatoms. The van der Waals surface area contributed by atoms with Crippen molar-refractivity contribution in [1.29, 1.82) is 0 Å². The van der Waals surface area contributed by atoms with Crippen molar-refractivity contribution in [3.8, 4) is 0 Å². The Balaban J connectivity index is 2.05. The first-order chi connectivity index (χ1) is 10.4. The predicted molar refractivity (Wildman–Crippen MR) is 95.3 cm³/mol. The first-order valence-corrected chi connectivity index (χ1v) is 10.4. The van der Waals surface area contributed by atoms with Gasteiger partial charge < -0.3 is 9.47 Å². The smallest absolute Gasteiger partial charge is 0.157 e. The normalized spacial score (nSPS) is 20.0. The number of thiophene rings is 1. The summed E-state index contributed by atoms with van der Waals surface area (Å²) in [5, 5.41) is 7.74. The molecule has 2 N–H and O–H groups in total. The third kappa shape index (κ3) is 5.11. The molecule has 1 unspecified atom stereocenters. The number of ether oxygens (including phenoxy) is 2. The summed E-state index contributed by atoms with van der Waals surface area (Å²) in [6.45, 7) is 5.48. The molecule has 1 saturated heterocycles. The Hall–Kier alpha value is 0.210. The second-order valence-corrected chi connectivity index (χ2v) is 9.70. The zero-order valence-corrected chi connectivity index (χ0v) is 16.3. The maximum atomic E-state index is 11.8. The monoisotopic (exact) mass is 409 g/mol. The van der Waals surface area contributed by atoms with Gasteiger partial charge in [-0.05, 0) is 72.8 Å². The largest absolute Gasteiger partial charge is 0.353 e. The third-order valence-corrected chi connectivity index (χ3v) is 7.23. The van der Waals surface area contributed by atoms with Gasteiger partial charge in [0.1, 0.15) is 0 Å². The zero-order valence-electron chi connectivity index (χ0n) is 13.0. The maximum absolute atomic E-state index is 11.8. The van der Waals surface area contributed by atoms with Gasteiger partial charge in [-0.3, -0.25) is 5.14 Å². The molecule has 126 valence electrons. The zero-order chi connectivity index (χ0) is 16.2. The summed E-state index contributed by atoms with van der Waals surface area (Å²) in [7, 11) is -1.35. The minimum Gasteiger partial charge on any atom is -0.353 e. The van der Waals surface area contributed by atoms with E-state index in [1.807, 2.05) is 13.8 Å². The average Bonchev–Trinajstić information content (AvgIpc) is 2.90. The molecule has 1 aliphatic heterocycles. The second-order valence-electron chi connectivity index (χ2n) is 6.19. The molecule has 2 atom stereocenters. The van der Waals surface area contributed by atoms with E-state index in [1.165, 1.54) is 4.88 Å². The van der Waals surface area contributed by atoms with Crippen LogP contribution >= 0.6 is 27.3 Å². The van der Waals surface area contributed by atoms with Crippen molar-refractivity contribution in [2.45, 2.75) is 56.5 Å². The van der Waals surface area contributed by atoms with Gasteiger partial charge in [0.15, 0.2) is 6.29 Å². The Morgan fingerprint density at radius 3 is 2.73 bits per heavy atom. The Bertz CT molecular complexity index is 501. The van der Waals surface area contributed by atoms with Gasteiger partial charge in [-0.1, -0.05) is 0 Å². The van der Waals surface area contributed by atoms with Gasteiger partial charge in [0.05, 0.1) is 28.9 Å². The van der Waals surface area contributed by atoms with Crippen LogP contribution in [0, 0.1) is 0 Å². The molecule has 1 aromatic heterocycles. The molecule has 0 radical (unpaired) electrons. The minimum absolute atomic E-state index is 0.110. The van der Waals surface area contributed by atoms with Crippen LogP contribution in [0.3, 0.4) is 0 Å². The van der Waals surface area contributed by atoms with Crippen molar-refractivity contribution in [3.63, 3.8) is 0 Å². The van der Waals surface area contributed by atoms with E-state index in [2.05, 4.69) is 27.4 Å². The summed E-state index contributed by atoms with van der Waals surface area (Å²) in [6, 6.07) is 2.06. The number of nitrogens with two attached hydrogens (primary N) is 1. The van der Waals surface area contributed by atoms with Crippen LogP contribution in [0.4, 0.5) is 0 Å². The lowest BCUT2D eigenvalue weighted by atomic mass is 9.91. The Kier molecular flexibility index (Phi) is 7.04. The third-order valence-electron chi connectivity index (χ3n) is 3.95. The topological polar surface area (TPSA) is 61.6 Å². The molecular weight excluding hydrogens is 386 g/mol. The van der Waals surface area contributed by atoms with Gasteiger partial charge in [-0.25, -0.2) is 4.21 Å². The van der Waals surface area contributed by atoms with E-state index in [4.69, 9.17) is 14.6 Å². The van der Waals surface area contributed by atoms with Crippen molar-refractivity contribution in [2.75, 3.05) is 13.2 Å². The molecule has 0 amide bonds. The highest BCUT2D eigenvalue weighted by Crippen LogP contribution is 2.39. The molecule has 0 spiro atoms. The fourth-order valence-electron chi connectivity index (χ4n) is 2.64. The van der Waals surface area contributed by atoms with E-state index in [0.29, 0.717) is 5.92 Å². The van der Waals surface area contributed by atoms with E-state index in [1.54, 1.807) is 11.3 Å². The summed E-state index contributed by atoms with van der Waals surface area (Å²) >= 11 is 5.35. The lowest BCUT2D eigenvalue weighted by molar-refractivity contribution is -0.182. The molecule has 0 bridgehead atoms. The SMILES string of the molecule is CC(C)(C[C@H](CCC1OCCCO1)c1sccc1Br)S(N)=O. The maximum Gasteiger partial charge on any atom is 0.157 e. The highest BCUT2D eigenvalue weighted by molar-refractivity contribution is 9.10. The van der Waals surface area contributed by atoms with Gasteiger partial charge in [0.2, 0.25) is 0 Å². The van der Waals surface area contributed by atoms with E-state index in [-0.39, 0.29) is 6.29 Å². The van der Waals surface area contributed by atoms with Crippen molar-refractivity contribution in [2.24, 2.45) is 5.14 Å². The summed E-state index contributed by atoms with van der Waals surface area (Å²) < 4.78 is 23.8. The van der Waals surface area contributed by atoms with Crippen molar-refractivity contribution >= 4 is 38.3 Å². The number of hydrogen-bond acceptors (Lipinski definition) is 4. The summed E-state index contributed by atoms with van der Waals surface area (Å²) in [5.41, 5.74) is 0. The molecular formula is C15H24BrNO3S2. The molecule has 1 aromatic rings.